The van der Waals surface area contributed by atoms with E-state index in [4.69, 9.17) is 9.97 Å². The molecule has 1 heterocycles. The first kappa shape index (κ1) is 18.5. The van der Waals surface area contributed by atoms with Gasteiger partial charge in [0.15, 0.2) is 5.78 Å². The Morgan fingerprint density at radius 3 is 2.09 bits per heavy atom. The Morgan fingerprint density at radius 2 is 1.34 bits per heavy atom. The molecule has 1 atom stereocenters. The van der Waals surface area contributed by atoms with E-state index in [9.17, 15) is 4.79 Å². The fourth-order valence-corrected chi connectivity index (χ4v) is 4.29. The van der Waals surface area contributed by atoms with Gasteiger partial charge < -0.3 is 5.32 Å². The van der Waals surface area contributed by atoms with E-state index < -0.39 is 6.04 Å². The number of Topliss-reactive ketones (excluding diaryl/α,β-unsaturated/α-hetero) is 1. The number of anilines is 1. The Balaban J connectivity index is 1.66. The minimum absolute atomic E-state index is 0.0200. The molecule has 0 amide bonds. The molecule has 0 radical (unpaired) electrons. The molecule has 32 heavy (non-hydrogen) atoms. The lowest BCUT2D eigenvalue weighted by molar-refractivity contribution is -0.113. The fraction of sp³-hybridized carbons (Fsp3) is 0.0357. The number of nitrogens with one attached hydrogen (secondary N) is 1. The van der Waals surface area contributed by atoms with Crippen LogP contribution in [0.25, 0.3) is 45.3 Å². The minimum Gasteiger partial charge on any atom is -0.372 e. The second-order valence-electron chi connectivity index (χ2n) is 7.90. The third kappa shape index (κ3) is 3.13. The smallest absolute Gasteiger partial charge is 0.182 e. The van der Waals surface area contributed by atoms with Gasteiger partial charge in [-0.15, -0.1) is 0 Å². The van der Waals surface area contributed by atoms with Crippen molar-refractivity contribution in [2.45, 2.75) is 6.04 Å². The molecule has 6 rings (SSSR count). The highest BCUT2D eigenvalue weighted by Crippen LogP contribution is 2.21. The van der Waals surface area contributed by atoms with Crippen LogP contribution < -0.4 is 15.8 Å². The van der Waals surface area contributed by atoms with Crippen molar-refractivity contribution < 1.29 is 4.79 Å². The Bertz CT molecular complexity index is 1610. The van der Waals surface area contributed by atoms with Crippen LogP contribution in [0.2, 0.25) is 0 Å². The molecule has 4 heteroatoms. The Morgan fingerprint density at radius 1 is 0.688 bits per heavy atom. The van der Waals surface area contributed by atoms with Crippen LogP contribution in [0.5, 0.6) is 0 Å². The summed E-state index contributed by atoms with van der Waals surface area (Å²) in [7, 11) is 0. The SMILES string of the molecule is O=C1C=c2c(-c3ccccc3)cc3nc4ccccc4nc3c2=CC1Nc1ccccc1. The van der Waals surface area contributed by atoms with E-state index in [0.717, 1.165) is 49.3 Å². The van der Waals surface area contributed by atoms with Crippen LogP contribution >= 0.6 is 0 Å². The Labute approximate surface area is 184 Å². The number of carbonyl (C=O) groups excluding carboxylic acids is 1. The number of fused-ring (bicyclic) bond motifs is 4. The summed E-state index contributed by atoms with van der Waals surface area (Å²) in [5.41, 5.74) is 6.26. The summed E-state index contributed by atoms with van der Waals surface area (Å²) in [5.74, 6) is 0.0200. The summed E-state index contributed by atoms with van der Waals surface area (Å²) in [5, 5.41) is 5.18. The molecule has 152 valence electrons. The van der Waals surface area contributed by atoms with Gasteiger partial charge in [0, 0.05) is 10.9 Å². The molecule has 4 nitrogen and oxygen atoms in total. The number of rotatable bonds is 3. The molecule has 1 unspecified atom stereocenters. The third-order valence-corrected chi connectivity index (χ3v) is 5.82. The van der Waals surface area contributed by atoms with Gasteiger partial charge in [0.05, 0.1) is 22.1 Å². The summed E-state index contributed by atoms with van der Waals surface area (Å²) >= 11 is 0. The van der Waals surface area contributed by atoms with Crippen LogP contribution in [-0.2, 0) is 4.79 Å². The number of para-hydroxylation sites is 3. The second-order valence-corrected chi connectivity index (χ2v) is 7.90. The van der Waals surface area contributed by atoms with E-state index in [1.807, 2.05) is 84.9 Å². The maximum Gasteiger partial charge on any atom is 0.182 e. The standard InChI is InChI=1S/C28H19N3O/c32-27-17-21-20(18-9-3-1-4-10-18)15-26-28(31-24-14-8-7-13-23(24)30-26)22(21)16-25(27)29-19-11-5-2-6-12-19/h1-17,25,29H. The van der Waals surface area contributed by atoms with Gasteiger partial charge in [-0.25, -0.2) is 9.97 Å². The van der Waals surface area contributed by atoms with E-state index >= 15 is 0 Å². The van der Waals surface area contributed by atoms with E-state index in [-0.39, 0.29) is 5.78 Å². The zero-order valence-electron chi connectivity index (χ0n) is 17.2. The molecule has 0 saturated carbocycles. The van der Waals surface area contributed by atoms with Crippen LogP contribution in [0.1, 0.15) is 0 Å². The molecule has 0 saturated heterocycles. The van der Waals surface area contributed by atoms with Crippen molar-refractivity contribution in [3.8, 4) is 11.1 Å². The highest BCUT2D eigenvalue weighted by molar-refractivity contribution is 6.16. The lowest BCUT2D eigenvalue weighted by Gasteiger charge is -2.18. The zero-order valence-corrected chi connectivity index (χ0v) is 17.2. The lowest BCUT2D eigenvalue weighted by Crippen LogP contribution is -2.41. The third-order valence-electron chi connectivity index (χ3n) is 5.82. The molecular weight excluding hydrogens is 394 g/mol. The van der Waals surface area contributed by atoms with Gasteiger partial charge in [-0.2, -0.15) is 0 Å². The van der Waals surface area contributed by atoms with Crippen LogP contribution in [0.3, 0.4) is 0 Å². The number of hydrogen-bond acceptors (Lipinski definition) is 4. The maximum absolute atomic E-state index is 13.1. The average molecular weight is 413 g/mol. The quantitative estimate of drug-likeness (QED) is 0.453. The van der Waals surface area contributed by atoms with Gasteiger partial charge in [-0.3, -0.25) is 4.79 Å². The van der Waals surface area contributed by atoms with E-state index in [1.165, 1.54) is 0 Å². The van der Waals surface area contributed by atoms with Crippen LogP contribution in [0.15, 0.2) is 91.0 Å². The fourth-order valence-electron chi connectivity index (χ4n) is 4.29. The van der Waals surface area contributed by atoms with Gasteiger partial charge in [0.25, 0.3) is 0 Å². The Hall–Kier alpha value is -4.31. The van der Waals surface area contributed by atoms with Crippen LogP contribution in [-0.4, -0.2) is 21.8 Å². The molecule has 1 N–H and O–H groups in total. The summed E-state index contributed by atoms with van der Waals surface area (Å²) in [6.45, 7) is 0. The number of benzene rings is 4. The van der Waals surface area contributed by atoms with Gasteiger partial charge in [-0.05, 0) is 58.8 Å². The molecule has 4 aromatic carbocycles. The average Bonchev–Trinajstić information content (AvgIpc) is 2.84. The molecular formula is C28H19N3O. The van der Waals surface area contributed by atoms with Crippen molar-refractivity contribution in [2.75, 3.05) is 5.32 Å². The molecule has 0 aliphatic heterocycles. The topological polar surface area (TPSA) is 54.9 Å². The largest absolute Gasteiger partial charge is 0.372 e. The summed E-state index contributed by atoms with van der Waals surface area (Å²) in [6, 6.07) is 29.4. The Kier molecular flexibility index (Phi) is 4.29. The number of ketones is 1. The maximum atomic E-state index is 13.1. The van der Waals surface area contributed by atoms with Crippen LogP contribution in [0.4, 0.5) is 5.69 Å². The van der Waals surface area contributed by atoms with E-state index in [0.29, 0.717) is 0 Å². The van der Waals surface area contributed by atoms with Crippen molar-refractivity contribution in [3.63, 3.8) is 0 Å². The highest BCUT2D eigenvalue weighted by atomic mass is 16.1. The van der Waals surface area contributed by atoms with Crippen molar-refractivity contribution in [3.05, 3.63) is 101 Å². The first-order chi connectivity index (χ1) is 15.8. The first-order valence-electron chi connectivity index (χ1n) is 10.6. The van der Waals surface area contributed by atoms with E-state index in [1.54, 1.807) is 6.08 Å². The predicted molar refractivity (Wildman–Crippen MR) is 130 cm³/mol. The number of carbonyl (C=O) groups is 1. The van der Waals surface area contributed by atoms with Crippen molar-refractivity contribution in [2.24, 2.45) is 0 Å². The molecule has 1 aliphatic rings. The first-order valence-corrected chi connectivity index (χ1v) is 10.6. The molecule has 0 spiro atoms. The minimum atomic E-state index is -0.465. The zero-order chi connectivity index (χ0) is 21.5. The monoisotopic (exact) mass is 413 g/mol. The molecule has 5 aromatic rings. The van der Waals surface area contributed by atoms with Gasteiger partial charge in [-0.1, -0.05) is 60.7 Å². The van der Waals surface area contributed by atoms with E-state index in [2.05, 4.69) is 17.4 Å². The molecule has 1 aliphatic carbocycles. The van der Waals surface area contributed by atoms with Gasteiger partial charge in [0.1, 0.15) is 6.04 Å². The van der Waals surface area contributed by atoms with Crippen LogP contribution in [0, 0.1) is 0 Å². The lowest BCUT2D eigenvalue weighted by atomic mass is 9.94. The number of nitrogens with zero attached hydrogens (tertiary/aromatic N) is 2. The summed E-state index contributed by atoms with van der Waals surface area (Å²) in [6.07, 6.45) is 3.73. The number of hydrogen-bond donors (Lipinski definition) is 1. The van der Waals surface area contributed by atoms with Crippen molar-refractivity contribution in [1.82, 2.24) is 9.97 Å². The predicted octanol–water partition coefficient (Wildman–Crippen LogP) is 4.07. The van der Waals surface area contributed by atoms with Gasteiger partial charge >= 0.3 is 0 Å². The molecule has 1 aromatic heterocycles. The van der Waals surface area contributed by atoms with Crippen molar-refractivity contribution >= 4 is 45.7 Å². The van der Waals surface area contributed by atoms with Crippen molar-refractivity contribution in [1.29, 1.82) is 0 Å². The second kappa shape index (κ2) is 7.43. The molecule has 0 fully saturated rings. The highest BCUT2D eigenvalue weighted by Gasteiger charge is 2.20. The van der Waals surface area contributed by atoms with Gasteiger partial charge in [0.2, 0.25) is 0 Å². The summed E-state index contributed by atoms with van der Waals surface area (Å²) < 4.78 is 0. The molecule has 0 bridgehead atoms. The summed E-state index contributed by atoms with van der Waals surface area (Å²) in [4.78, 5) is 22.9. The number of aromatic nitrogens is 2. The normalized spacial score (nSPS) is 15.1.